The van der Waals surface area contributed by atoms with Crippen molar-refractivity contribution in [3.63, 3.8) is 0 Å². The quantitative estimate of drug-likeness (QED) is 0.159. The lowest BCUT2D eigenvalue weighted by molar-refractivity contribution is -0.138. The summed E-state index contributed by atoms with van der Waals surface area (Å²) in [4.78, 5) is 68.8. The van der Waals surface area contributed by atoms with Crippen LogP contribution in [0.5, 0.6) is 5.75 Å². The highest BCUT2D eigenvalue weighted by atomic mass is 16.5. The zero-order chi connectivity index (χ0) is 35.0. The van der Waals surface area contributed by atoms with Gasteiger partial charge in [0.25, 0.3) is 5.91 Å². The number of anilines is 3. The van der Waals surface area contributed by atoms with Crippen LogP contribution in [0.25, 0.3) is 0 Å². The number of aliphatic carboxylic acids is 1. The Morgan fingerprint density at radius 1 is 0.854 bits per heavy atom. The van der Waals surface area contributed by atoms with Crippen molar-refractivity contribution in [2.45, 2.75) is 25.8 Å². The van der Waals surface area contributed by atoms with Gasteiger partial charge < -0.3 is 30.5 Å². The number of urea groups is 1. The Kier molecular flexibility index (Phi) is 11.1. The second-order valence-corrected chi connectivity index (χ2v) is 10.9. The Labute approximate surface area is 276 Å². The van der Waals surface area contributed by atoms with Crippen LogP contribution in [0.1, 0.15) is 49.9 Å². The highest BCUT2D eigenvalue weighted by molar-refractivity contribution is 6.01. The third kappa shape index (κ3) is 8.51. The number of nitrogens with zero attached hydrogens (tertiary/aromatic N) is 3. The molecule has 0 spiro atoms. The maximum Gasteiger partial charge on any atom is 0.335 e. The summed E-state index contributed by atoms with van der Waals surface area (Å²) in [6.45, 7) is 1.88. The van der Waals surface area contributed by atoms with E-state index >= 15 is 0 Å². The number of hydrogen-bond donors (Lipinski definition) is 4. The first-order valence-corrected chi connectivity index (χ1v) is 14.7. The van der Waals surface area contributed by atoms with Gasteiger partial charge in [-0.15, -0.1) is 0 Å². The molecule has 4 amide bonds. The number of amides is 4. The van der Waals surface area contributed by atoms with Gasteiger partial charge in [-0.1, -0.05) is 30.3 Å². The van der Waals surface area contributed by atoms with Crippen LogP contribution in [-0.2, 0) is 16.0 Å². The number of likely N-dealkylation sites (N-methyl/N-ethyl adjacent to an activating group) is 1. The summed E-state index contributed by atoms with van der Waals surface area (Å²) in [5.41, 5.74) is 3.26. The van der Waals surface area contributed by atoms with Crippen LogP contribution in [0.4, 0.5) is 22.0 Å². The molecule has 0 aliphatic rings. The number of carboxylic acid groups (broad SMARTS) is 2. The standard InChI is InChI=1S/C35H35N5O8/c1-21-7-5-6-8-26(21)37-35(47)38-27-15-9-22(17-29(27)48-4)18-31(41)40(3)30-16-14-25(20-36-30)28(19-32(42)43)39(2)33(44)23-10-12-24(13-11-23)34(45)46/h5-17,20,28H,18-19H2,1-4H3,(H,42,43)(H,45,46)(H2,37,38,47). The molecule has 3 aromatic carbocycles. The minimum Gasteiger partial charge on any atom is -0.495 e. The van der Waals surface area contributed by atoms with Crippen molar-refractivity contribution < 1.29 is 38.9 Å². The average molecular weight is 654 g/mol. The smallest absolute Gasteiger partial charge is 0.335 e. The number of rotatable bonds is 12. The number of nitrogens with one attached hydrogen (secondary N) is 2. The van der Waals surface area contributed by atoms with E-state index < -0.39 is 36.3 Å². The van der Waals surface area contributed by atoms with Gasteiger partial charge >= 0.3 is 18.0 Å². The molecule has 1 aromatic heterocycles. The van der Waals surface area contributed by atoms with Crippen LogP contribution >= 0.6 is 0 Å². The summed E-state index contributed by atoms with van der Waals surface area (Å²) < 4.78 is 5.46. The van der Waals surface area contributed by atoms with Gasteiger partial charge in [0.1, 0.15) is 11.6 Å². The monoisotopic (exact) mass is 653 g/mol. The van der Waals surface area contributed by atoms with E-state index in [1.807, 2.05) is 25.1 Å². The van der Waals surface area contributed by atoms with Gasteiger partial charge in [-0.3, -0.25) is 19.3 Å². The van der Waals surface area contributed by atoms with Crippen LogP contribution in [-0.4, -0.2) is 71.1 Å². The molecule has 0 bridgehead atoms. The number of aromatic nitrogens is 1. The summed E-state index contributed by atoms with van der Waals surface area (Å²) in [6, 6.07) is 19.5. The molecule has 13 nitrogen and oxygen atoms in total. The second-order valence-electron chi connectivity index (χ2n) is 10.9. The third-order valence-electron chi connectivity index (χ3n) is 7.67. The molecule has 1 heterocycles. The minimum atomic E-state index is -1.14. The Balaban J connectivity index is 1.43. The highest BCUT2D eigenvalue weighted by Gasteiger charge is 2.26. The molecule has 0 aliphatic carbocycles. The van der Waals surface area contributed by atoms with Crippen molar-refractivity contribution in [2.75, 3.05) is 36.7 Å². The Bertz CT molecular complexity index is 1830. The predicted molar refractivity (Wildman–Crippen MR) is 179 cm³/mol. The fraction of sp³-hybridized carbons (Fsp3) is 0.200. The van der Waals surface area contributed by atoms with Crippen molar-refractivity contribution in [3.8, 4) is 5.75 Å². The number of hydrogen-bond acceptors (Lipinski definition) is 7. The Morgan fingerprint density at radius 3 is 2.12 bits per heavy atom. The van der Waals surface area contributed by atoms with Gasteiger partial charge in [0, 0.05) is 31.5 Å². The first-order chi connectivity index (χ1) is 22.9. The van der Waals surface area contributed by atoms with Crippen molar-refractivity contribution in [3.05, 3.63) is 113 Å². The number of para-hydroxylation sites is 1. The van der Waals surface area contributed by atoms with E-state index in [-0.39, 0.29) is 23.5 Å². The lowest BCUT2D eigenvalue weighted by Crippen LogP contribution is -2.33. The SMILES string of the molecule is COc1cc(CC(=O)N(C)c2ccc(C(CC(=O)O)N(C)C(=O)c3ccc(C(=O)O)cc3)cn2)ccc1NC(=O)Nc1ccccc1C. The number of ether oxygens (including phenoxy) is 1. The summed E-state index contributed by atoms with van der Waals surface area (Å²) in [5, 5.41) is 24.2. The number of benzene rings is 3. The lowest BCUT2D eigenvalue weighted by atomic mass is 10.0. The summed E-state index contributed by atoms with van der Waals surface area (Å²) in [7, 11) is 4.47. The van der Waals surface area contributed by atoms with E-state index in [0.717, 1.165) is 5.56 Å². The van der Waals surface area contributed by atoms with E-state index in [1.165, 1.54) is 54.4 Å². The van der Waals surface area contributed by atoms with E-state index in [4.69, 9.17) is 9.84 Å². The minimum absolute atomic E-state index is 0.00841. The van der Waals surface area contributed by atoms with E-state index in [1.54, 1.807) is 43.4 Å². The normalized spacial score (nSPS) is 11.2. The van der Waals surface area contributed by atoms with Crippen molar-refractivity contribution >= 4 is 47.0 Å². The molecule has 4 N–H and O–H groups in total. The van der Waals surface area contributed by atoms with Crippen molar-refractivity contribution in [1.29, 1.82) is 0 Å². The van der Waals surface area contributed by atoms with Crippen molar-refractivity contribution in [2.24, 2.45) is 0 Å². The van der Waals surface area contributed by atoms with Crippen LogP contribution in [0.3, 0.4) is 0 Å². The Hall–Kier alpha value is -6.24. The highest BCUT2D eigenvalue weighted by Crippen LogP contribution is 2.28. The zero-order valence-corrected chi connectivity index (χ0v) is 26.8. The molecule has 4 aromatic rings. The Morgan fingerprint density at radius 2 is 1.52 bits per heavy atom. The lowest BCUT2D eigenvalue weighted by Gasteiger charge is -2.28. The molecule has 0 radical (unpaired) electrons. The molecule has 13 heteroatoms. The first kappa shape index (κ1) is 34.6. The maximum absolute atomic E-state index is 13.2. The molecule has 1 atom stereocenters. The molecule has 0 saturated heterocycles. The number of aryl methyl sites for hydroxylation is 1. The van der Waals surface area contributed by atoms with Crippen molar-refractivity contribution in [1.82, 2.24) is 9.88 Å². The van der Waals surface area contributed by atoms with Gasteiger partial charge in [-0.2, -0.15) is 0 Å². The summed E-state index contributed by atoms with van der Waals surface area (Å²) in [6.07, 6.45) is 0.993. The largest absolute Gasteiger partial charge is 0.495 e. The van der Waals surface area contributed by atoms with Crippen LogP contribution in [0.2, 0.25) is 0 Å². The fourth-order valence-electron chi connectivity index (χ4n) is 4.90. The summed E-state index contributed by atoms with van der Waals surface area (Å²) >= 11 is 0. The fourth-order valence-corrected chi connectivity index (χ4v) is 4.90. The number of carbonyl (C=O) groups is 5. The van der Waals surface area contributed by atoms with Gasteiger partial charge in [0.2, 0.25) is 5.91 Å². The van der Waals surface area contributed by atoms with Crippen LogP contribution in [0, 0.1) is 6.92 Å². The predicted octanol–water partition coefficient (Wildman–Crippen LogP) is 5.23. The molecular weight excluding hydrogens is 618 g/mol. The zero-order valence-electron chi connectivity index (χ0n) is 26.8. The van der Waals surface area contributed by atoms with Gasteiger partial charge in [0.15, 0.2) is 0 Å². The maximum atomic E-state index is 13.2. The topological polar surface area (TPSA) is 178 Å². The van der Waals surface area contributed by atoms with E-state index in [0.29, 0.717) is 34.1 Å². The number of carbonyl (C=O) groups excluding carboxylic acids is 3. The number of carboxylic acids is 2. The summed E-state index contributed by atoms with van der Waals surface area (Å²) in [5.74, 6) is -2.40. The molecule has 4 rings (SSSR count). The van der Waals surface area contributed by atoms with Gasteiger partial charge in [-0.25, -0.2) is 14.6 Å². The van der Waals surface area contributed by atoms with Crippen LogP contribution < -0.4 is 20.3 Å². The molecule has 0 fully saturated rings. The molecule has 0 saturated carbocycles. The average Bonchev–Trinajstić information content (AvgIpc) is 3.07. The van der Waals surface area contributed by atoms with Crippen LogP contribution in [0.15, 0.2) is 85.1 Å². The second kappa shape index (κ2) is 15.4. The van der Waals surface area contributed by atoms with Gasteiger partial charge in [-0.05, 0) is 72.1 Å². The molecule has 248 valence electrons. The third-order valence-corrected chi connectivity index (χ3v) is 7.67. The van der Waals surface area contributed by atoms with E-state index in [9.17, 15) is 29.1 Å². The molecular formula is C35H35N5O8. The molecule has 0 aliphatic heterocycles. The van der Waals surface area contributed by atoms with E-state index in [2.05, 4.69) is 15.6 Å². The first-order valence-electron chi connectivity index (χ1n) is 14.7. The molecule has 48 heavy (non-hydrogen) atoms. The number of aromatic carboxylic acids is 1. The number of pyridine rings is 1. The van der Waals surface area contributed by atoms with Gasteiger partial charge in [0.05, 0.1) is 37.2 Å². The molecule has 1 unspecified atom stereocenters. The number of methoxy groups -OCH3 is 1.